The lowest BCUT2D eigenvalue weighted by Crippen LogP contribution is -2.39. The third kappa shape index (κ3) is 12.8. The molecule has 0 aromatic heterocycles. The van der Waals surface area contributed by atoms with Crippen LogP contribution in [-0.2, 0) is 23.9 Å². The van der Waals surface area contributed by atoms with Crippen LogP contribution in [0, 0.1) is 47.3 Å². The number of amides is 2. The molecule has 4 aliphatic carbocycles. The van der Waals surface area contributed by atoms with Gasteiger partial charge in [0.05, 0.1) is 11.8 Å². The smallest absolute Gasteiger partial charge is 0.343 e. The Bertz CT molecular complexity index is 1530. The van der Waals surface area contributed by atoms with Crippen LogP contribution in [-0.4, -0.2) is 54.4 Å². The Morgan fingerprint density at radius 3 is 1.74 bits per heavy atom. The fraction of sp³-hybridized carbons (Fsp3) is 0.681. The van der Waals surface area contributed by atoms with Gasteiger partial charge < -0.3 is 24.4 Å². The third-order valence-electron chi connectivity index (χ3n) is 13.9. The molecule has 0 aliphatic heterocycles. The molecule has 0 heterocycles. The fourth-order valence-corrected chi connectivity index (χ4v) is 10.3. The monoisotopic (exact) mass is 788 g/mol. The molecule has 57 heavy (non-hydrogen) atoms. The Balaban J connectivity index is 1.22. The molecule has 0 radical (unpaired) electrons. The summed E-state index contributed by atoms with van der Waals surface area (Å²) in [6.07, 6.45) is 23.6. The number of hydrogen-bond donors (Lipinski definition) is 1. The van der Waals surface area contributed by atoms with E-state index in [-0.39, 0.29) is 53.9 Å². The summed E-state index contributed by atoms with van der Waals surface area (Å²) in [6, 6.07) is 4.42. The molecule has 0 atom stereocenters. The molecule has 1 aromatic rings. The number of nitrogens with one attached hydrogen (secondary N) is 1. The third-order valence-corrected chi connectivity index (χ3v) is 13.9. The Hall–Kier alpha value is -3.95. The van der Waals surface area contributed by atoms with Gasteiger partial charge in [-0.1, -0.05) is 72.0 Å². The van der Waals surface area contributed by atoms with Crippen LogP contribution in [0.5, 0.6) is 11.5 Å². The van der Waals surface area contributed by atoms with Gasteiger partial charge in [-0.3, -0.25) is 19.2 Å². The molecule has 0 saturated heterocycles. The molecular weight excluding hydrogens is 721 g/mol. The van der Waals surface area contributed by atoms with Crippen LogP contribution in [0.3, 0.4) is 0 Å². The average Bonchev–Trinajstić information content (AvgIpc) is 3.25. The summed E-state index contributed by atoms with van der Waals surface area (Å²) in [5.74, 6) is 1.72. The summed E-state index contributed by atoms with van der Waals surface area (Å²) in [5.41, 5.74) is -0.0801. The van der Waals surface area contributed by atoms with Gasteiger partial charge in [-0.15, -0.1) is 0 Å². The molecule has 0 spiro atoms. The van der Waals surface area contributed by atoms with E-state index < -0.39 is 24.5 Å². The molecule has 5 rings (SSSR count). The summed E-state index contributed by atoms with van der Waals surface area (Å²) in [6.45, 7) is 11.2. The van der Waals surface area contributed by atoms with Crippen LogP contribution in [0.25, 0.3) is 0 Å². The average molecular weight is 789 g/mol. The predicted octanol–water partition coefficient (Wildman–Crippen LogP) is 9.36. The van der Waals surface area contributed by atoms with Gasteiger partial charge in [-0.25, -0.2) is 4.79 Å². The molecule has 314 valence electrons. The van der Waals surface area contributed by atoms with E-state index >= 15 is 0 Å². The Morgan fingerprint density at radius 2 is 1.23 bits per heavy atom. The largest absolute Gasteiger partial charge is 0.440 e. The van der Waals surface area contributed by atoms with E-state index in [1.165, 1.54) is 87.7 Å². The molecule has 1 N–H and O–H groups in total. The van der Waals surface area contributed by atoms with Gasteiger partial charge >= 0.3 is 17.9 Å². The van der Waals surface area contributed by atoms with Crippen LogP contribution in [0.2, 0.25) is 0 Å². The quantitative estimate of drug-likeness (QED) is 0.0716. The van der Waals surface area contributed by atoms with E-state index in [1.807, 2.05) is 0 Å². The predicted molar refractivity (Wildman–Crippen MR) is 220 cm³/mol. The summed E-state index contributed by atoms with van der Waals surface area (Å²) >= 11 is 0. The minimum atomic E-state index is -0.853. The van der Waals surface area contributed by atoms with Gasteiger partial charge in [0.1, 0.15) is 17.1 Å². The van der Waals surface area contributed by atoms with Crippen LogP contribution in [0.15, 0.2) is 43.5 Å². The topological polar surface area (TPSA) is 128 Å². The zero-order chi connectivity index (χ0) is 40.7. The van der Waals surface area contributed by atoms with E-state index in [0.29, 0.717) is 11.8 Å². The first kappa shape index (κ1) is 44.2. The van der Waals surface area contributed by atoms with Crippen LogP contribution < -0.4 is 14.8 Å². The van der Waals surface area contributed by atoms with Crippen molar-refractivity contribution in [3.05, 3.63) is 49.1 Å². The first-order chi connectivity index (χ1) is 27.6. The fourth-order valence-electron chi connectivity index (χ4n) is 10.3. The van der Waals surface area contributed by atoms with E-state index in [9.17, 15) is 24.0 Å². The number of benzene rings is 1. The van der Waals surface area contributed by atoms with Crippen molar-refractivity contribution in [1.29, 1.82) is 0 Å². The molecule has 10 heteroatoms. The summed E-state index contributed by atoms with van der Waals surface area (Å²) in [5, 5.41) is 2.59. The van der Waals surface area contributed by atoms with Crippen molar-refractivity contribution >= 4 is 29.7 Å². The summed E-state index contributed by atoms with van der Waals surface area (Å²) < 4.78 is 17.4. The highest BCUT2D eigenvalue weighted by Crippen LogP contribution is 2.44. The highest BCUT2D eigenvalue weighted by molar-refractivity contribution is 5.95. The highest BCUT2D eigenvalue weighted by Gasteiger charge is 2.36. The number of rotatable bonds is 17. The van der Waals surface area contributed by atoms with Crippen LogP contribution >= 0.6 is 0 Å². The normalized spacial score (nSPS) is 27.6. The molecule has 4 saturated carbocycles. The van der Waals surface area contributed by atoms with Gasteiger partial charge in [0.15, 0.2) is 6.73 Å². The van der Waals surface area contributed by atoms with Crippen molar-refractivity contribution in [1.82, 2.24) is 10.2 Å². The molecule has 10 nitrogen and oxygen atoms in total. The van der Waals surface area contributed by atoms with Crippen LogP contribution in [0.1, 0.15) is 146 Å². The lowest BCUT2D eigenvalue weighted by Gasteiger charge is -2.37. The second-order valence-corrected chi connectivity index (χ2v) is 17.3. The molecule has 2 amide bonds. The van der Waals surface area contributed by atoms with Crippen molar-refractivity contribution in [3.63, 3.8) is 0 Å². The molecule has 0 bridgehead atoms. The second kappa shape index (κ2) is 22.3. The number of carbonyl (C=O) groups excluding carboxylic acids is 5. The Kier molecular flexibility index (Phi) is 17.3. The van der Waals surface area contributed by atoms with Gasteiger partial charge in [0.2, 0.25) is 11.8 Å². The maximum absolute atomic E-state index is 13.7. The van der Waals surface area contributed by atoms with Crippen molar-refractivity contribution in [3.8, 4) is 11.5 Å². The molecular formula is C47H68N2O8. The van der Waals surface area contributed by atoms with Crippen molar-refractivity contribution < 1.29 is 38.2 Å². The van der Waals surface area contributed by atoms with E-state index in [2.05, 4.69) is 32.3 Å². The van der Waals surface area contributed by atoms with E-state index in [0.717, 1.165) is 87.2 Å². The number of carbonyl (C=O) groups is 5. The Labute approximate surface area is 340 Å². The van der Waals surface area contributed by atoms with Crippen molar-refractivity contribution in [2.24, 2.45) is 47.3 Å². The molecule has 1 aromatic carbocycles. The maximum Gasteiger partial charge on any atom is 0.343 e. The second-order valence-electron chi connectivity index (χ2n) is 17.3. The summed E-state index contributed by atoms with van der Waals surface area (Å²) in [4.78, 5) is 66.2. The zero-order valence-electron chi connectivity index (χ0n) is 34.7. The van der Waals surface area contributed by atoms with Gasteiger partial charge in [-0.2, -0.15) is 0 Å². The van der Waals surface area contributed by atoms with Gasteiger partial charge in [0, 0.05) is 13.1 Å². The first-order valence-corrected chi connectivity index (χ1v) is 22.2. The number of nitrogens with zero attached hydrogens (tertiary/aromatic N) is 1. The lowest BCUT2D eigenvalue weighted by molar-refractivity contribution is -0.141. The first-order valence-electron chi connectivity index (χ1n) is 22.2. The number of esters is 3. The number of hydrogen-bond acceptors (Lipinski definition) is 8. The van der Waals surface area contributed by atoms with Gasteiger partial charge in [-0.05, 0) is 143 Å². The highest BCUT2D eigenvalue weighted by atomic mass is 16.6. The molecule has 4 fully saturated rings. The van der Waals surface area contributed by atoms with E-state index in [4.69, 9.17) is 14.2 Å². The number of ether oxygens (including phenoxy) is 3. The van der Waals surface area contributed by atoms with Crippen molar-refractivity contribution in [2.75, 3.05) is 19.8 Å². The lowest BCUT2D eigenvalue weighted by atomic mass is 9.69. The van der Waals surface area contributed by atoms with Crippen LogP contribution in [0.4, 0.5) is 0 Å². The summed E-state index contributed by atoms with van der Waals surface area (Å²) in [7, 11) is 0. The maximum atomic E-state index is 13.7. The SMILES string of the molecule is C=CC(=O)NCCN(COC(=O)c1cc(OC(=O)C2CCC(C3CCC(CC)CC3)CC2)ccc1OC(=O)C1CCC(C2CCC(CCC)CC2)CC1)C(=O)C=C. The molecule has 4 aliphatic rings. The van der Waals surface area contributed by atoms with E-state index in [1.54, 1.807) is 6.07 Å². The minimum absolute atomic E-state index is 0.0133. The van der Waals surface area contributed by atoms with Gasteiger partial charge in [0.25, 0.3) is 0 Å². The minimum Gasteiger partial charge on any atom is -0.440 e. The standard InChI is InChI=1S/C47H68N2O8/c1-5-9-33-12-16-35(17-13-33)37-20-24-39(25-21-37)46(53)57-42-27-26-40(30-41(42)47(54)55-31-49(44(51)8-4)29-28-48-43(50)7-3)56-45(52)38-22-18-36(19-23-38)34-14-10-32(6-2)11-15-34/h7-8,26-27,30,32-39H,3-6,9-25,28-29,31H2,1-2H3,(H,48,50). The molecule has 0 unspecified atom stereocenters. The Morgan fingerprint density at radius 1 is 0.702 bits per heavy atom. The van der Waals surface area contributed by atoms with Crippen molar-refractivity contribution in [2.45, 2.75) is 136 Å². The zero-order valence-corrected chi connectivity index (χ0v) is 34.7.